The molecular formula is C43H44F2N12O. The zero-order valence-electron chi connectivity index (χ0n) is 32.9. The van der Waals surface area contributed by atoms with E-state index in [9.17, 15) is 0 Å². The molecule has 6 aromatic heterocycles. The molecular weight excluding hydrogens is 739 g/mol. The number of rotatable bonds is 6. The minimum Gasteiger partial charge on any atom is -0.493 e. The number of ether oxygens (including phenoxy) is 1. The first-order valence-electron chi connectivity index (χ1n) is 19.9. The van der Waals surface area contributed by atoms with Crippen molar-refractivity contribution < 1.29 is 13.5 Å². The predicted molar refractivity (Wildman–Crippen MR) is 218 cm³/mol. The molecule has 8 heterocycles. The maximum Gasteiger partial charge on any atom is 0.196 e. The van der Waals surface area contributed by atoms with E-state index in [1.165, 1.54) is 6.07 Å². The maximum absolute atomic E-state index is 15.1. The summed E-state index contributed by atoms with van der Waals surface area (Å²) in [5.74, 6) is 0.628. The van der Waals surface area contributed by atoms with Crippen LogP contribution in [0.1, 0.15) is 72.8 Å². The Labute approximate surface area is 333 Å². The highest BCUT2D eigenvalue weighted by atomic mass is 19.1. The Morgan fingerprint density at radius 1 is 0.638 bits per heavy atom. The lowest BCUT2D eigenvalue weighted by molar-refractivity contribution is 0.416. The largest absolute Gasteiger partial charge is 0.493 e. The molecule has 2 saturated heterocycles. The zero-order valence-corrected chi connectivity index (χ0v) is 32.9. The van der Waals surface area contributed by atoms with Crippen LogP contribution in [0.3, 0.4) is 0 Å². The molecule has 0 aliphatic carbocycles. The summed E-state index contributed by atoms with van der Waals surface area (Å²) in [4.78, 5) is 8.95. The molecule has 10 rings (SSSR count). The number of nitrogens with one attached hydrogen (secondary N) is 2. The van der Waals surface area contributed by atoms with E-state index >= 15 is 8.78 Å². The molecule has 2 aliphatic heterocycles. The molecule has 0 spiro atoms. The summed E-state index contributed by atoms with van der Waals surface area (Å²) in [6.45, 7) is 9.75. The number of nitrogens with zero attached hydrogens (tertiary/aromatic N) is 10. The molecule has 0 radical (unpaired) electrons. The highest BCUT2D eigenvalue weighted by Crippen LogP contribution is 2.32. The third-order valence-electron chi connectivity index (χ3n) is 11.2. The average Bonchev–Trinajstić information content (AvgIpc) is 3.84. The number of fused-ring (bicyclic) bond motifs is 4. The fourth-order valence-electron chi connectivity index (χ4n) is 8.08. The molecule has 2 aromatic carbocycles. The van der Waals surface area contributed by atoms with Crippen molar-refractivity contribution in [1.82, 2.24) is 60.2 Å². The van der Waals surface area contributed by atoms with E-state index in [2.05, 4.69) is 58.1 Å². The summed E-state index contributed by atoms with van der Waals surface area (Å²) >= 11 is 0. The van der Waals surface area contributed by atoms with Crippen LogP contribution in [0.5, 0.6) is 5.75 Å². The maximum atomic E-state index is 15.1. The van der Waals surface area contributed by atoms with Crippen LogP contribution in [0.4, 0.5) is 8.78 Å². The van der Waals surface area contributed by atoms with Crippen LogP contribution in [-0.2, 0) is 6.42 Å². The number of imidazole rings is 2. The first-order chi connectivity index (χ1) is 28.2. The van der Waals surface area contributed by atoms with Crippen molar-refractivity contribution in [3.8, 4) is 28.3 Å². The second-order valence-electron chi connectivity index (χ2n) is 15.2. The van der Waals surface area contributed by atoms with Gasteiger partial charge in [-0.2, -0.15) is 30.6 Å². The average molecular weight is 783 g/mol. The summed E-state index contributed by atoms with van der Waals surface area (Å²) in [7, 11) is 1.58. The Morgan fingerprint density at radius 2 is 1.12 bits per heavy atom. The van der Waals surface area contributed by atoms with Gasteiger partial charge in [-0.15, -0.1) is 0 Å². The molecule has 0 unspecified atom stereocenters. The molecule has 58 heavy (non-hydrogen) atoms. The first-order valence-corrected chi connectivity index (χ1v) is 19.9. The third-order valence-corrected chi connectivity index (χ3v) is 11.2. The monoisotopic (exact) mass is 782 g/mol. The quantitative estimate of drug-likeness (QED) is 0.179. The van der Waals surface area contributed by atoms with Crippen LogP contribution < -0.4 is 15.4 Å². The first kappa shape index (κ1) is 37.5. The number of halogens is 2. The Morgan fingerprint density at radius 3 is 1.62 bits per heavy atom. The van der Waals surface area contributed by atoms with Crippen LogP contribution in [-0.4, -0.2) is 82.9 Å². The molecule has 15 heteroatoms. The van der Waals surface area contributed by atoms with E-state index in [1.807, 2.05) is 56.6 Å². The minimum atomic E-state index is -0.328. The van der Waals surface area contributed by atoms with Crippen LogP contribution >= 0.6 is 0 Å². The Bertz CT molecular complexity index is 2620. The topological polar surface area (TPSA) is 145 Å². The number of aromatic nitrogens is 10. The second-order valence-corrected chi connectivity index (χ2v) is 15.2. The van der Waals surface area contributed by atoms with Gasteiger partial charge in [0.2, 0.25) is 0 Å². The predicted octanol–water partition coefficient (Wildman–Crippen LogP) is 7.08. The number of hydrogen-bond donors (Lipinski definition) is 2. The molecule has 2 fully saturated rings. The number of hydrogen-bond acceptors (Lipinski definition) is 11. The molecule has 0 atom stereocenters. The van der Waals surface area contributed by atoms with E-state index in [-0.39, 0.29) is 11.6 Å². The van der Waals surface area contributed by atoms with Crippen LogP contribution in [0, 0.1) is 25.5 Å². The summed E-state index contributed by atoms with van der Waals surface area (Å²) in [5.41, 5.74) is 9.70. The molecule has 2 N–H and O–H groups in total. The lowest BCUT2D eigenvalue weighted by Crippen LogP contribution is -2.27. The highest BCUT2D eigenvalue weighted by Gasteiger charge is 2.21. The molecule has 8 aromatic rings. The van der Waals surface area contributed by atoms with E-state index in [1.54, 1.807) is 28.3 Å². The van der Waals surface area contributed by atoms with Gasteiger partial charge in [0.05, 0.1) is 64.7 Å². The van der Waals surface area contributed by atoms with Crippen LogP contribution in [0.2, 0.25) is 0 Å². The van der Waals surface area contributed by atoms with Crippen molar-refractivity contribution >= 4 is 33.1 Å². The van der Waals surface area contributed by atoms with Crippen LogP contribution in [0.15, 0.2) is 60.9 Å². The van der Waals surface area contributed by atoms with Crippen molar-refractivity contribution in [1.29, 1.82) is 0 Å². The van der Waals surface area contributed by atoms with Gasteiger partial charge in [0.25, 0.3) is 0 Å². The second kappa shape index (κ2) is 15.7. The SMILES string of the molecule is CCc1cc(-c2cc(F)c3cc(C4CCNCC4)nnc3c2)nn2cc(C)nc12.COc1cc(-c2cc(F)c3cc(C4CCNCC4)nnc3c2)nn2cc(C)nc12. The molecule has 0 amide bonds. The van der Waals surface area contributed by atoms with Crippen molar-refractivity contribution in [3.05, 3.63) is 101 Å². The summed E-state index contributed by atoms with van der Waals surface area (Å²) in [5, 5.41) is 34.4. The summed E-state index contributed by atoms with van der Waals surface area (Å²) in [6.07, 6.45) is 8.53. The van der Waals surface area contributed by atoms with Gasteiger partial charge in [-0.25, -0.2) is 27.8 Å². The van der Waals surface area contributed by atoms with Gasteiger partial charge in [-0.3, -0.25) is 0 Å². The van der Waals surface area contributed by atoms with E-state index in [0.717, 1.165) is 92.3 Å². The molecule has 296 valence electrons. The summed E-state index contributed by atoms with van der Waals surface area (Å²) < 4.78 is 39.0. The number of piperidine rings is 2. The minimum absolute atomic E-state index is 0.288. The van der Waals surface area contributed by atoms with Gasteiger partial charge < -0.3 is 15.4 Å². The van der Waals surface area contributed by atoms with Crippen molar-refractivity contribution in [2.45, 2.75) is 64.7 Å². The van der Waals surface area contributed by atoms with E-state index in [4.69, 9.17) is 4.74 Å². The van der Waals surface area contributed by atoms with Crippen molar-refractivity contribution in [2.75, 3.05) is 33.3 Å². The van der Waals surface area contributed by atoms with Crippen LogP contribution in [0.25, 0.3) is 55.6 Å². The standard InChI is InChI=1S/C22H23FN6.C21H21FN6O/c1-3-14-9-20(28-29-12-13(2)25-22(14)29)16-8-18(23)17-11-19(26-27-21(17)10-16)15-4-6-24-7-5-15;1-12-11-28-21(24-12)20(29-2)10-18(27-28)14-7-16(22)15-9-17(25-26-19(15)8-14)13-3-5-23-6-4-13/h8-12,15,24H,3-7H2,1-2H3;7-11,13,23H,3-6H2,1-2H3. The Kier molecular flexibility index (Phi) is 10.2. The normalized spacial score (nSPS) is 15.3. The van der Waals surface area contributed by atoms with Gasteiger partial charge in [-0.1, -0.05) is 6.92 Å². The summed E-state index contributed by atoms with van der Waals surface area (Å²) in [6, 6.07) is 14.2. The Balaban J connectivity index is 0.000000150. The fraction of sp³-hybridized carbons (Fsp3) is 0.349. The lowest BCUT2D eigenvalue weighted by atomic mass is 9.93. The lowest BCUT2D eigenvalue weighted by Gasteiger charge is -2.21. The van der Waals surface area contributed by atoms with Gasteiger partial charge in [0.15, 0.2) is 17.0 Å². The van der Waals surface area contributed by atoms with E-state index in [0.29, 0.717) is 67.6 Å². The molecule has 2 aliphatic rings. The van der Waals surface area contributed by atoms with Gasteiger partial charge in [-0.05, 0) is 120 Å². The van der Waals surface area contributed by atoms with E-state index < -0.39 is 0 Å². The highest BCUT2D eigenvalue weighted by molar-refractivity contribution is 5.85. The molecule has 0 bridgehead atoms. The smallest absolute Gasteiger partial charge is 0.196 e. The number of aryl methyl sites for hydroxylation is 3. The third kappa shape index (κ3) is 7.31. The van der Waals surface area contributed by atoms with Gasteiger partial charge in [0, 0.05) is 39.8 Å². The van der Waals surface area contributed by atoms with Gasteiger partial charge >= 0.3 is 0 Å². The Hall–Kier alpha value is -6.06. The van der Waals surface area contributed by atoms with Gasteiger partial charge in [0.1, 0.15) is 11.6 Å². The zero-order chi connectivity index (χ0) is 39.9. The molecule has 13 nitrogen and oxygen atoms in total. The van der Waals surface area contributed by atoms with Crippen molar-refractivity contribution in [2.24, 2.45) is 0 Å². The van der Waals surface area contributed by atoms with Crippen molar-refractivity contribution in [3.63, 3.8) is 0 Å². The number of methoxy groups -OCH3 is 1. The number of benzene rings is 2. The fourth-order valence-corrected chi connectivity index (χ4v) is 8.08. The molecule has 0 saturated carbocycles.